The molecule has 0 N–H and O–H groups in total. The fourth-order valence-electron chi connectivity index (χ4n) is 4.93. The average molecular weight is 725 g/mol. The van der Waals surface area contributed by atoms with Gasteiger partial charge in [-0.3, -0.25) is 9.36 Å². The molecule has 0 fully saturated rings. The summed E-state index contributed by atoms with van der Waals surface area (Å²) in [6.45, 7) is 8.21. The largest absolute Gasteiger partial charge is 0.494 e. The molecule has 0 bridgehead atoms. The van der Waals surface area contributed by atoms with Crippen molar-refractivity contribution in [1.82, 2.24) is 4.57 Å². The van der Waals surface area contributed by atoms with Gasteiger partial charge in [-0.25, -0.2) is 9.79 Å². The molecule has 44 heavy (non-hydrogen) atoms. The number of nitrogens with zero attached hydrogens (tertiary/aromatic N) is 2. The number of methoxy groups -OCH3 is 1. The number of aromatic nitrogens is 1. The molecule has 1 aliphatic heterocycles. The minimum absolute atomic E-state index is 0.256. The van der Waals surface area contributed by atoms with Crippen LogP contribution in [0.15, 0.2) is 87.8 Å². The first-order chi connectivity index (χ1) is 21.2. The Morgan fingerprint density at radius 1 is 1.09 bits per heavy atom. The topological polar surface area (TPSA) is 88.4 Å². The van der Waals surface area contributed by atoms with E-state index in [1.54, 1.807) is 32.4 Å². The molecule has 5 rings (SSSR count). The van der Waals surface area contributed by atoms with Crippen LogP contribution in [0.2, 0.25) is 0 Å². The van der Waals surface area contributed by atoms with Gasteiger partial charge in [0, 0.05) is 0 Å². The number of rotatable bonds is 10. The van der Waals surface area contributed by atoms with E-state index in [1.165, 1.54) is 11.3 Å². The Morgan fingerprint density at radius 3 is 2.48 bits per heavy atom. The van der Waals surface area contributed by atoms with E-state index in [9.17, 15) is 9.59 Å². The third kappa shape index (κ3) is 6.76. The Morgan fingerprint density at radius 2 is 1.82 bits per heavy atom. The molecular formula is C34H33IN2O6S. The summed E-state index contributed by atoms with van der Waals surface area (Å²) >= 11 is 3.49. The van der Waals surface area contributed by atoms with Crippen LogP contribution in [0.5, 0.6) is 17.2 Å². The van der Waals surface area contributed by atoms with Gasteiger partial charge in [0.05, 0.1) is 45.2 Å². The van der Waals surface area contributed by atoms with Crippen LogP contribution < -0.4 is 29.1 Å². The van der Waals surface area contributed by atoms with Crippen LogP contribution in [0.4, 0.5) is 0 Å². The molecule has 10 heteroatoms. The van der Waals surface area contributed by atoms with Crippen molar-refractivity contribution in [3.05, 3.63) is 118 Å². The predicted octanol–water partition coefficient (Wildman–Crippen LogP) is 5.78. The molecule has 8 nitrogen and oxygen atoms in total. The van der Waals surface area contributed by atoms with E-state index in [4.69, 9.17) is 18.9 Å². The number of ether oxygens (including phenoxy) is 4. The van der Waals surface area contributed by atoms with Crippen LogP contribution in [-0.2, 0) is 16.1 Å². The summed E-state index contributed by atoms with van der Waals surface area (Å²) in [4.78, 5) is 32.6. The lowest BCUT2D eigenvalue weighted by Gasteiger charge is -2.25. The Bertz CT molecular complexity index is 1880. The van der Waals surface area contributed by atoms with Gasteiger partial charge in [0.25, 0.3) is 5.56 Å². The molecule has 1 aliphatic rings. The van der Waals surface area contributed by atoms with Crippen LogP contribution in [0, 0.1) is 3.57 Å². The predicted molar refractivity (Wildman–Crippen MR) is 179 cm³/mol. The quantitative estimate of drug-likeness (QED) is 0.152. The fraction of sp³-hybridized carbons (Fsp3) is 0.265. The van der Waals surface area contributed by atoms with Gasteiger partial charge in [0.1, 0.15) is 12.4 Å². The van der Waals surface area contributed by atoms with Gasteiger partial charge in [-0.2, -0.15) is 0 Å². The highest BCUT2D eigenvalue weighted by Gasteiger charge is 2.33. The first-order valence-electron chi connectivity index (χ1n) is 14.2. The monoisotopic (exact) mass is 724 g/mol. The highest BCUT2D eigenvalue weighted by molar-refractivity contribution is 14.1. The van der Waals surface area contributed by atoms with Crippen molar-refractivity contribution in [2.45, 2.75) is 46.4 Å². The van der Waals surface area contributed by atoms with Gasteiger partial charge in [0.15, 0.2) is 16.3 Å². The number of carbonyl (C=O) groups excluding carboxylic acids is 1. The smallest absolute Gasteiger partial charge is 0.338 e. The second-order valence-corrected chi connectivity index (χ2v) is 12.5. The van der Waals surface area contributed by atoms with Crippen LogP contribution in [0.1, 0.15) is 50.4 Å². The Labute approximate surface area is 273 Å². The standard InChI is InChI=1S/C34H33IN2O6S/c1-6-41-25-14-12-24(13-15-25)30-29(33(39)43-20(2)3)21(4)36-34-37(30)32(38)28(44-34)18-23-16-26(35)31(27(17-23)40-5)42-19-22-10-8-7-9-11-22/h7-18,20,30H,6,19H2,1-5H3/b28-18+/t30-/m0/s1. The van der Waals surface area contributed by atoms with Crippen molar-refractivity contribution in [2.75, 3.05) is 13.7 Å². The average Bonchev–Trinajstić information content (AvgIpc) is 3.30. The maximum Gasteiger partial charge on any atom is 0.338 e. The SMILES string of the molecule is CCOc1ccc([C@H]2C(C(=O)OC(C)C)=C(C)N=c3s/c(=C/c4cc(I)c(OCc5ccccc5)c(OC)c4)c(=O)n32)cc1. The number of carbonyl (C=O) groups is 1. The van der Waals surface area contributed by atoms with Gasteiger partial charge in [0.2, 0.25) is 0 Å². The molecule has 4 aromatic rings. The van der Waals surface area contributed by atoms with Gasteiger partial charge in [-0.15, -0.1) is 0 Å². The summed E-state index contributed by atoms with van der Waals surface area (Å²) < 4.78 is 25.9. The molecule has 1 atom stereocenters. The maximum absolute atomic E-state index is 14.1. The van der Waals surface area contributed by atoms with Crippen molar-refractivity contribution in [2.24, 2.45) is 4.99 Å². The second-order valence-electron chi connectivity index (χ2n) is 10.3. The first-order valence-corrected chi connectivity index (χ1v) is 16.1. The van der Waals surface area contributed by atoms with Crippen molar-refractivity contribution >= 4 is 46.0 Å². The molecule has 2 heterocycles. The number of allylic oxidation sites excluding steroid dienone is 1. The summed E-state index contributed by atoms with van der Waals surface area (Å²) in [5, 5.41) is 0. The molecule has 3 aromatic carbocycles. The Kier molecular flexibility index (Phi) is 9.90. The lowest BCUT2D eigenvalue weighted by atomic mass is 9.96. The van der Waals surface area contributed by atoms with E-state index >= 15 is 0 Å². The molecule has 0 saturated heterocycles. The zero-order chi connectivity index (χ0) is 31.4. The van der Waals surface area contributed by atoms with E-state index in [2.05, 4.69) is 27.6 Å². The van der Waals surface area contributed by atoms with Crippen molar-refractivity contribution < 1.29 is 23.7 Å². The number of thiazole rings is 1. The molecule has 0 amide bonds. The van der Waals surface area contributed by atoms with E-state index in [1.807, 2.05) is 79.7 Å². The van der Waals surface area contributed by atoms with Gasteiger partial charge >= 0.3 is 5.97 Å². The minimum Gasteiger partial charge on any atom is -0.494 e. The molecule has 0 spiro atoms. The van der Waals surface area contributed by atoms with Gasteiger partial charge < -0.3 is 18.9 Å². The lowest BCUT2D eigenvalue weighted by Crippen LogP contribution is -2.40. The normalized spacial score (nSPS) is 14.7. The molecule has 0 unspecified atom stereocenters. The molecule has 228 valence electrons. The third-order valence-electron chi connectivity index (χ3n) is 6.87. The first kappa shape index (κ1) is 31.5. The van der Waals surface area contributed by atoms with Crippen LogP contribution in [-0.4, -0.2) is 30.4 Å². The number of esters is 1. The van der Waals surface area contributed by atoms with E-state index in [-0.39, 0.29) is 11.7 Å². The fourth-order valence-corrected chi connectivity index (χ4v) is 6.76. The van der Waals surface area contributed by atoms with Crippen molar-refractivity contribution in [3.8, 4) is 17.2 Å². The van der Waals surface area contributed by atoms with Crippen LogP contribution in [0.3, 0.4) is 0 Å². The highest BCUT2D eigenvalue weighted by Crippen LogP contribution is 2.35. The maximum atomic E-state index is 14.1. The zero-order valence-corrected chi connectivity index (χ0v) is 28.1. The Balaban J connectivity index is 1.58. The number of fused-ring (bicyclic) bond motifs is 1. The number of hydrogen-bond acceptors (Lipinski definition) is 8. The van der Waals surface area contributed by atoms with E-state index in [0.717, 1.165) is 20.3 Å². The summed E-state index contributed by atoms with van der Waals surface area (Å²) in [5.41, 5.74) is 3.16. The summed E-state index contributed by atoms with van der Waals surface area (Å²) in [7, 11) is 1.59. The summed E-state index contributed by atoms with van der Waals surface area (Å²) in [6, 6.07) is 20.4. The number of benzene rings is 3. The second kappa shape index (κ2) is 13.8. The molecule has 1 aromatic heterocycles. The molecule has 0 radical (unpaired) electrons. The lowest BCUT2D eigenvalue weighted by molar-refractivity contribution is -0.143. The van der Waals surface area contributed by atoms with Gasteiger partial charge in [-0.1, -0.05) is 53.8 Å². The van der Waals surface area contributed by atoms with Crippen molar-refractivity contribution in [3.63, 3.8) is 0 Å². The molecule has 0 aliphatic carbocycles. The minimum atomic E-state index is -0.709. The van der Waals surface area contributed by atoms with Crippen LogP contribution >= 0.6 is 33.9 Å². The zero-order valence-electron chi connectivity index (χ0n) is 25.1. The van der Waals surface area contributed by atoms with Gasteiger partial charge in [-0.05, 0) is 97.3 Å². The number of hydrogen-bond donors (Lipinski definition) is 0. The van der Waals surface area contributed by atoms with Crippen molar-refractivity contribution in [1.29, 1.82) is 0 Å². The third-order valence-corrected chi connectivity index (χ3v) is 8.65. The molecule has 0 saturated carbocycles. The Hall–Kier alpha value is -3.90. The van der Waals surface area contributed by atoms with E-state index < -0.39 is 12.0 Å². The summed E-state index contributed by atoms with van der Waals surface area (Å²) in [6.07, 6.45) is 1.49. The van der Waals surface area contributed by atoms with Crippen LogP contribution in [0.25, 0.3) is 6.08 Å². The highest BCUT2D eigenvalue weighted by atomic mass is 127. The summed E-state index contributed by atoms with van der Waals surface area (Å²) in [5.74, 6) is 1.40. The van der Waals surface area contributed by atoms with E-state index in [0.29, 0.717) is 51.1 Å². The number of halogens is 1. The molecular weight excluding hydrogens is 691 g/mol.